The van der Waals surface area contributed by atoms with Crippen molar-refractivity contribution in [3.63, 3.8) is 0 Å². The first-order valence-electron chi connectivity index (χ1n) is 7.01. The molecule has 2 rings (SSSR count). The van der Waals surface area contributed by atoms with Crippen molar-refractivity contribution in [3.8, 4) is 0 Å². The number of aryl methyl sites for hydroxylation is 2. The molecule has 0 radical (unpaired) electrons. The molecule has 0 aliphatic rings. The molecular weight excluding hydrogens is 252 g/mol. The average Bonchev–Trinajstić information content (AvgIpc) is 2.76. The summed E-state index contributed by atoms with van der Waals surface area (Å²) in [6.45, 7) is 9.07. The third-order valence-electron chi connectivity index (χ3n) is 3.22. The number of rotatable bonds is 6. The third-order valence-corrected chi connectivity index (χ3v) is 3.22. The molecule has 1 atom stereocenters. The van der Waals surface area contributed by atoms with Gasteiger partial charge in [-0.25, -0.2) is 4.98 Å². The maximum atomic E-state index is 5.22. The van der Waals surface area contributed by atoms with E-state index < -0.39 is 0 Å². The summed E-state index contributed by atoms with van der Waals surface area (Å²) < 4.78 is 5.22. The summed E-state index contributed by atoms with van der Waals surface area (Å²) in [5, 5.41) is 10.7. The van der Waals surface area contributed by atoms with E-state index in [0.29, 0.717) is 0 Å². The van der Waals surface area contributed by atoms with Gasteiger partial charge in [-0.05, 0) is 33.3 Å². The second-order valence-corrected chi connectivity index (χ2v) is 4.96. The van der Waals surface area contributed by atoms with Crippen LogP contribution in [0.1, 0.15) is 43.3 Å². The predicted octanol–water partition coefficient (Wildman–Crippen LogP) is 3.68. The van der Waals surface area contributed by atoms with Gasteiger partial charge in [0.2, 0.25) is 0 Å². The van der Waals surface area contributed by atoms with E-state index in [2.05, 4.69) is 34.6 Å². The van der Waals surface area contributed by atoms with Crippen molar-refractivity contribution < 1.29 is 4.52 Å². The molecular formula is C15H22N4O. The lowest BCUT2D eigenvalue weighted by molar-refractivity contribution is 0.392. The molecule has 20 heavy (non-hydrogen) atoms. The molecule has 0 aliphatic carbocycles. The minimum Gasteiger partial charge on any atom is -0.378 e. The predicted molar refractivity (Wildman–Crippen MR) is 81.0 cm³/mol. The van der Waals surface area contributed by atoms with Crippen molar-refractivity contribution >= 4 is 11.5 Å². The Labute approximate surface area is 119 Å². The maximum absolute atomic E-state index is 5.22. The molecule has 0 fully saturated rings. The fourth-order valence-electron chi connectivity index (χ4n) is 2.30. The monoisotopic (exact) mass is 274 g/mol. The maximum Gasteiger partial charge on any atom is 0.139 e. The van der Waals surface area contributed by atoms with Crippen LogP contribution in [0, 0.1) is 13.8 Å². The number of pyridine rings is 1. The van der Waals surface area contributed by atoms with Gasteiger partial charge in [0.15, 0.2) is 0 Å². The second kappa shape index (κ2) is 6.41. The number of nitrogens with zero attached hydrogens (tertiary/aromatic N) is 2. The summed E-state index contributed by atoms with van der Waals surface area (Å²) in [4.78, 5) is 4.30. The van der Waals surface area contributed by atoms with E-state index in [0.717, 1.165) is 41.5 Å². The van der Waals surface area contributed by atoms with E-state index in [1.807, 2.05) is 26.0 Å². The van der Waals surface area contributed by atoms with Gasteiger partial charge in [-0.3, -0.25) is 0 Å². The Hall–Kier alpha value is -2.04. The van der Waals surface area contributed by atoms with Crippen molar-refractivity contribution in [1.29, 1.82) is 0 Å². The van der Waals surface area contributed by atoms with Crippen LogP contribution >= 0.6 is 0 Å². The minimum atomic E-state index is 0.141. The Kier molecular flexibility index (Phi) is 4.61. The van der Waals surface area contributed by atoms with Crippen molar-refractivity contribution in [3.05, 3.63) is 35.3 Å². The molecule has 0 bridgehead atoms. The molecule has 0 aliphatic heterocycles. The van der Waals surface area contributed by atoms with E-state index in [-0.39, 0.29) is 6.04 Å². The number of hydrogen-bond acceptors (Lipinski definition) is 5. The highest BCUT2D eigenvalue weighted by Gasteiger charge is 2.16. The Balaban J connectivity index is 2.09. The van der Waals surface area contributed by atoms with Crippen LogP contribution in [-0.4, -0.2) is 16.7 Å². The summed E-state index contributed by atoms with van der Waals surface area (Å²) >= 11 is 0. The van der Waals surface area contributed by atoms with Crippen LogP contribution < -0.4 is 10.6 Å². The van der Waals surface area contributed by atoms with Crippen LogP contribution in [0.5, 0.6) is 0 Å². The molecule has 0 spiro atoms. The lowest BCUT2D eigenvalue weighted by atomic mass is 10.1. The molecule has 0 amide bonds. The fraction of sp³-hybridized carbons (Fsp3) is 0.467. The van der Waals surface area contributed by atoms with E-state index in [4.69, 9.17) is 4.52 Å². The zero-order valence-corrected chi connectivity index (χ0v) is 12.5. The molecule has 2 heterocycles. The van der Waals surface area contributed by atoms with Gasteiger partial charge in [-0.2, -0.15) is 0 Å². The fourth-order valence-corrected chi connectivity index (χ4v) is 2.30. The SMILES string of the molecule is CCCNc1cc(NC(C)c2c(C)noc2C)ccn1. The molecule has 2 aromatic heterocycles. The normalized spacial score (nSPS) is 12.2. The summed E-state index contributed by atoms with van der Waals surface area (Å²) in [5.41, 5.74) is 3.08. The van der Waals surface area contributed by atoms with Gasteiger partial charge in [-0.1, -0.05) is 12.1 Å². The van der Waals surface area contributed by atoms with Crippen molar-refractivity contribution in [2.45, 2.75) is 40.2 Å². The van der Waals surface area contributed by atoms with Crippen LogP contribution in [0.25, 0.3) is 0 Å². The molecule has 5 nitrogen and oxygen atoms in total. The van der Waals surface area contributed by atoms with Gasteiger partial charge < -0.3 is 15.2 Å². The zero-order chi connectivity index (χ0) is 14.5. The smallest absolute Gasteiger partial charge is 0.139 e. The molecule has 108 valence electrons. The van der Waals surface area contributed by atoms with E-state index in [1.165, 1.54) is 0 Å². The average molecular weight is 274 g/mol. The van der Waals surface area contributed by atoms with Crippen molar-refractivity contribution in [2.75, 3.05) is 17.2 Å². The summed E-state index contributed by atoms with van der Waals surface area (Å²) in [6.07, 6.45) is 2.88. The van der Waals surface area contributed by atoms with Gasteiger partial charge >= 0.3 is 0 Å². The van der Waals surface area contributed by atoms with Crippen molar-refractivity contribution in [2.24, 2.45) is 0 Å². The quantitative estimate of drug-likeness (QED) is 0.841. The first-order chi connectivity index (χ1) is 9.61. The first-order valence-corrected chi connectivity index (χ1v) is 7.01. The van der Waals surface area contributed by atoms with Gasteiger partial charge in [0.05, 0.1) is 11.7 Å². The van der Waals surface area contributed by atoms with Crippen LogP contribution in [0.15, 0.2) is 22.9 Å². The van der Waals surface area contributed by atoms with Crippen LogP contribution in [-0.2, 0) is 0 Å². The van der Waals surface area contributed by atoms with Gasteiger partial charge in [0, 0.05) is 30.1 Å². The Bertz CT molecular complexity index is 545. The van der Waals surface area contributed by atoms with Crippen LogP contribution in [0.2, 0.25) is 0 Å². The summed E-state index contributed by atoms with van der Waals surface area (Å²) in [6, 6.07) is 4.12. The summed E-state index contributed by atoms with van der Waals surface area (Å²) in [5.74, 6) is 1.75. The van der Waals surface area contributed by atoms with Gasteiger partial charge in [-0.15, -0.1) is 0 Å². The largest absolute Gasteiger partial charge is 0.378 e. The number of nitrogens with one attached hydrogen (secondary N) is 2. The molecule has 2 aromatic rings. The molecule has 2 N–H and O–H groups in total. The van der Waals surface area contributed by atoms with Crippen molar-refractivity contribution in [1.82, 2.24) is 10.1 Å². The van der Waals surface area contributed by atoms with E-state index in [9.17, 15) is 0 Å². The highest BCUT2D eigenvalue weighted by molar-refractivity contribution is 5.53. The zero-order valence-electron chi connectivity index (χ0n) is 12.5. The Morgan fingerprint density at radius 2 is 2.15 bits per heavy atom. The highest BCUT2D eigenvalue weighted by Crippen LogP contribution is 2.25. The molecule has 0 saturated heterocycles. The molecule has 1 unspecified atom stereocenters. The van der Waals surface area contributed by atoms with Crippen LogP contribution in [0.3, 0.4) is 0 Å². The standard InChI is InChI=1S/C15H22N4O/c1-5-7-16-14-9-13(6-8-17-14)18-10(2)15-11(3)19-20-12(15)4/h6,8-10H,5,7H2,1-4H3,(H2,16,17,18). The summed E-state index contributed by atoms with van der Waals surface area (Å²) in [7, 11) is 0. The minimum absolute atomic E-state index is 0.141. The number of aromatic nitrogens is 2. The van der Waals surface area contributed by atoms with Crippen LogP contribution in [0.4, 0.5) is 11.5 Å². The topological polar surface area (TPSA) is 63.0 Å². The second-order valence-electron chi connectivity index (χ2n) is 4.96. The molecule has 0 saturated carbocycles. The number of anilines is 2. The lowest BCUT2D eigenvalue weighted by Crippen LogP contribution is -2.09. The Morgan fingerprint density at radius 3 is 2.80 bits per heavy atom. The van der Waals surface area contributed by atoms with E-state index in [1.54, 1.807) is 6.20 Å². The molecule has 0 aromatic carbocycles. The Morgan fingerprint density at radius 1 is 1.35 bits per heavy atom. The van der Waals surface area contributed by atoms with Gasteiger partial charge in [0.25, 0.3) is 0 Å². The number of hydrogen-bond donors (Lipinski definition) is 2. The highest BCUT2D eigenvalue weighted by atomic mass is 16.5. The first kappa shape index (κ1) is 14.4. The lowest BCUT2D eigenvalue weighted by Gasteiger charge is -2.16. The molecule has 5 heteroatoms. The van der Waals surface area contributed by atoms with E-state index >= 15 is 0 Å². The van der Waals surface area contributed by atoms with Gasteiger partial charge in [0.1, 0.15) is 11.6 Å². The third kappa shape index (κ3) is 3.29.